The van der Waals surface area contributed by atoms with E-state index in [1.54, 1.807) is 25.3 Å². The van der Waals surface area contributed by atoms with Gasteiger partial charge in [0.2, 0.25) is 0 Å². The van der Waals surface area contributed by atoms with Crippen molar-refractivity contribution in [2.75, 3.05) is 32.8 Å². The molecule has 0 radical (unpaired) electrons. The molecule has 4 atom stereocenters. The van der Waals surface area contributed by atoms with E-state index in [9.17, 15) is 4.79 Å². The first kappa shape index (κ1) is 17.1. The molecule has 24 heavy (non-hydrogen) atoms. The van der Waals surface area contributed by atoms with E-state index in [0.29, 0.717) is 29.6 Å². The Hall–Kier alpha value is -1.74. The fourth-order valence-corrected chi connectivity index (χ4v) is 3.24. The molecule has 2 aliphatic rings. The molecule has 2 fully saturated rings. The first-order chi connectivity index (χ1) is 11.6. The number of hydrogen-bond acceptors (Lipinski definition) is 6. The number of thiocarbonyl (C=S) groups is 1. The highest BCUT2D eigenvalue weighted by molar-refractivity contribution is 7.80. The third-order valence-corrected chi connectivity index (χ3v) is 4.39. The minimum absolute atomic E-state index is 0.0416. The number of carbonyl (C=O) groups excluding carboxylic acids is 1. The van der Waals surface area contributed by atoms with E-state index in [0.717, 1.165) is 0 Å². The largest absolute Gasteiger partial charge is 0.465 e. The van der Waals surface area contributed by atoms with Crippen LogP contribution in [0.4, 0.5) is 5.69 Å². The Morgan fingerprint density at radius 1 is 1.25 bits per heavy atom. The summed E-state index contributed by atoms with van der Waals surface area (Å²) in [5, 5.41) is 6.71. The third-order valence-electron chi connectivity index (χ3n) is 4.17. The molecule has 0 spiro atoms. The Labute approximate surface area is 145 Å². The topological polar surface area (TPSA) is 78.1 Å². The van der Waals surface area contributed by atoms with Crippen LogP contribution in [0.25, 0.3) is 0 Å². The van der Waals surface area contributed by atoms with Crippen molar-refractivity contribution < 1.29 is 23.7 Å². The Balaban J connectivity index is 1.58. The molecule has 0 bridgehead atoms. The highest BCUT2D eigenvalue weighted by atomic mass is 32.1. The summed E-state index contributed by atoms with van der Waals surface area (Å²) < 4.78 is 21.6. The molecule has 2 N–H and O–H groups in total. The maximum atomic E-state index is 11.6. The van der Waals surface area contributed by atoms with Crippen molar-refractivity contribution in [1.29, 1.82) is 0 Å². The van der Waals surface area contributed by atoms with Gasteiger partial charge in [-0.1, -0.05) is 6.07 Å². The molecular weight excluding hydrogens is 332 g/mol. The van der Waals surface area contributed by atoms with Gasteiger partial charge in [-0.15, -0.1) is 0 Å². The van der Waals surface area contributed by atoms with Crippen molar-refractivity contribution in [3.63, 3.8) is 0 Å². The highest BCUT2D eigenvalue weighted by Crippen LogP contribution is 2.28. The number of carbonyl (C=O) groups is 1. The number of nitrogens with one attached hydrogen (secondary N) is 2. The summed E-state index contributed by atoms with van der Waals surface area (Å²) >= 11 is 5.35. The second kappa shape index (κ2) is 7.43. The molecule has 0 amide bonds. The lowest BCUT2D eigenvalue weighted by molar-refractivity contribution is -0.00798. The van der Waals surface area contributed by atoms with Crippen LogP contribution in [0.1, 0.15) is 10.4 Å². The summed E-state index contributed by atoms with van der Waals surface area (Å²) in [4.78, 5) is 11.6. The van der Waals surface area contributed by atoms with Gasteiger partial charge in [0.15, 0.2) is 5.11 Å². The highest BCUT2D eigenvalue weighted by Gasteiger charge is 2.48. The zero-order valence-corrected chi connectivity index (χ0v) is 14.3. The summed E-state index contributed by atoms with van der Waals surface area (Å²) in [6.07, 6.45) is -0.200. The summed E-state index contributed by atoms with van der Waals surface area (Å²) in [5.74, 6) is -0.394. The standard InChI is InChI=1S/C16H20N2O5S/c1-20-12-8-23-13-11(7-22-14(12)13)18-16(24)17-10-5-3-4-9(6-10)15(19)21-2/h3-6,11-14H,7-8H2,1-2H3,(H2,17,18,24)/t11-,12-,13-,14+/m0/s1. The second-order valence-electron chi connectivity index (χ2n) is 5.65. The van der Waals surface area contributed by atoms with E-state index >= 15 is 0 Å². The number of fused-ring (bicyclic) bond motifs is 1. The molecule has 1 aromatic carbocycles. The zero-order valence-electron chi connectivity index (χ0n) is 13.5. The molecule has 2 heterocycles. The molecule has 2 saturated heterocycles. The Morgan fingerprint density at radius 3 is 2.79 bits per heavy atom. The maximum absolute atomic E-state index is 11.6. The lowest BCUT2D eigenvalue weighted by Crippen LogP contribution is -2.45. The van der Waals surface area contributed by atoms with Crippen LogP contribution in [0.5, 0.6) is 0 Å². The van der Waals surface area contributed by atoms with Gasteiger partial charge in [0.1, 0.15) is 18.3 Å². The Bertz CT molecular complexity index is 626. The number of rotatable bonds is 4. The quantitative estimate of drug-likeness (QED) is 0.612. The Kier molecular flexibility index (Phi) is 5.30. The van der Waals surface area contributed by atoms with Crippen LogP contribution in [0.15, 0.2) is 24.3 Å². The smallest absolute Gasteiger partial charge is 0.337 e. The number of methoxy groups -OCH3 is 2. The molecule has 2 aliphatic heterocycles. The van der Waals surface area contributed by atoms with Gasteiger partial charge >= 0.3 is 5.97 Å². The molecule has 0 unspecified atom stereocenters. The van der Waals surface area contributed by atoms with Crippen LogP contribution in [-0.4, -0.2) is 62.9 Å². The number of hydrogen-bond donors (Lipinski definition) is 2. The van der Waals surface area contributed by atoms with Gasteiger partial charge in [0.05, 0.1) is 31.9 Å². The predicted octanol–water partition coefficient (Wildman–Crippen LogP) is 0.941. The monoisotopic (exact) mass is 352 g/mol. The average Bonchev–Trinajstić information content (AvgIpc) is 3.17. The van der Waals surface area contributed by atoms with Gasteiger partial charge < -0.3 is 29.6 Å². The molecule has 130 valence electrons. The molecule has 0 aliphatic carbocycles. The average molecular weight is 352 g/mol. The molecule has 0 aromatic heterocycles. The van der Waals surface area contributed by atoms with E-state index in [-0.39, 0.29) is 24.4 Å². The van der Waals surface area contributed by atoms with E-state index in [2.05, 4.69) is 10.6 Å². The number of ether oxygens (including phenoxy) is 4. The molecule has 3 rings (SSSR count). The number of esters is 1. The van der Waals surface area contributed by atoms with Crippen LogP contribution in [0.3, 0.4) is 0 Å². The minimum atomic E-state index is -0.394. The fraction of sp³-hybridized carbons (Fsp3) is 0.500. The summed E-state index contributed by atoms with van der Waals surface area (Å²) in [7, 11) is 3.00. The van der Waals surface area contributed by atoms with Crippen LogP contribution >= 0.6 is 12.2 Å². The van der Waals surface area contributed by atoms with Gasteiger partial charge in [0, 0.05) is 12.8 Å². The third kappa shape index (κ3) is 3.51. The minimum Gasteiger partial charge on any atom is -0.465 e. The van der Waals surface area contributed by atoms with E-state index in [1.165, 1.54) is 7.11 Å². The second-order valence-corrected chi connectivity index (χ2v) is 6.06. The van der Waals surface area contributed by atoms with Gasteiger partial charge in [-0.2, -0.15) is 0 Å². The van der Waals surface area contributed by atoms with Crippen molar-refractivity contribution in [1.82, 2.24) is 5.32 Å². The number of anilines is 1. The molecule has 8 heteroatoms. The van der Waals surface area contributed by atoms with Crippen LogP contribution in [0, 0.1) is 0 Å². The normalized spacial score (nSPS) is 28.2. The van der Waals surface area contributed by atoms with Gasteiger partial charge in [0.25, 0.3) is 0 Å². The van der Waals surface area contributed by atoms with Gasteiger partial charge in [-0.05, 0) is 30.4 Å². The first-order valence-corrected chi connectivity index (χ1v) is 8.05. The van der Waals surface area contributed by atoms with Crippen molar-refractivity contribution in [2.45, 2.75) is 24.4 Å². The van der Waals surface area contributed by atoms with Crippen LogP contribution in [-0.2, 0) is 18.9 Å². The van der Waals surface area contributed by atoms with E-state index in [1.807, 2.05) is 6.07 Å². The van der Waals surface area contributed by atoms with Crippen LogP contribution < -0.4 is 10.6 Å². The fourth-order valence-electron chi connectivity index (χ4n) is 2.97. The molecular formula is C16H20N2O5S. The van der Waals surface area contributed by atoms with E-state index in [4.69, 9.17) is 31.2 Å². The maximum Gasteiger partial charge on any atom is 0.337 e. The molecule has 0 saturated carbocycles. The number of benzene rings is 1. The summed E-state index contributed by atoms with van der Waals surface area (Å²) in [6.45, 7) is 1.02. The van der Waals surface area contributed by atoms with Crippen molar-refractivity contribution in [2.24, 2.45) is 0 Å². The van der Waals surface area contributed by atoms with Gasteiger partial charge in [-0.3, -0.25) is 0 Å². The predicted molar refractivity (Wildman–Crippen MR) is 91.2 cm³/mol. The van der Waals surface area contributed by atoms with Crippen LogP contribution in [0.2, 0.25) is 0 Å². The van der Waals surface area contributed by atoms with Crippen molar-refractivity contribution >= 4 is 29.0 Å². The van der Waals surface area contributed by atoms with Crippen molar-refractivity contribution in [3.8, 4) is 0 Å². The SMILES string of the molecule is COC(=O)c1cccc(NC(=S)N[C@H]2CO[C@H]3[C@H]2OC[C@@H]3OC)c1. The van der Waals surface area contributed by atoms with E-state index < -0.39 is 5.97 Å². The van der Waals surface area contributed by atoms with Gasteiger partial charge in [-0.25, -0.2) is 4.79 Å². The first-order valence-electron chi connectivity index (χ1n) is 7.64. The summed E-state index contributed by atoms with van der Waals surface area (Å²) in [5.41, 5.74) is 1.16. The lowest BCUT2D eigenvalue weighted by atomic mass is 10.1. The Morgan fingerprint density at radius 2 is 2.04 bits per heavy atom. The summed E-state index contributed by atoms with van der Waals surface area (Å²) in [6, 6.07) is 6.90. The molecule has 1 aromatic rings. The molecule has 7 nitrogen and oxygen atoms in total. The lowest BCUT2D eigenvalue weighted by Gasteiger charge is -2.20. The zero-order chi connectivity index (χ0) is 17.1. The van der Waals surface area contributed by atoms with Crippen molar-refractivity contribution in [3.05, 3.63) is 29.8 Å².